The molecular formula is C16H27NO2. The first-order valence-corrected chi connectivity index (χ1v) is 7.19. The molecule has 19 heavy (non-hydrogen) atoms. The smallest absolute Gasteiger partial charge is 0.0718 e. The van der Waals surface area contributed by atoms with Gasteiger partial charge in [0.05, 0.1) is 19.8 Å². The Morgan fingerprint density at radius 2 is 1.79 bits per heavy atom. The van der Waals surface area contributed by atoms with Gasteiger partial charge < -0.3 is 14.8 Å². The van der Waals surface area contributed by atoms with E-state index in [1.807, 2.05) is 0 Å². The maximum absolute atomic E-state index is 5.60. The molecule has 0 saturated heterocycles. The molecule has 0 heterocycles. The summed E-state index contributed by atoms with van der Waals surface area (Å²) >= 11 is 0. The van der Waals surface area contributed by atoms with Crippen LogP contribution in [0.25, 0.3) is 0 Å². The summed E-state index contributed by atoms with van der Waals surface area (Å²) in [5, 5.41) is 3.42. The standard InChI is InChI=1S/C16H27NO2/c1-4-8-18-9-10-19-13-16-7-5-6-15(11-16)12-17-14(2)3/h5-7,11,14,17H,4,8-10,12-13H2,1-3H3. The van der Waals surface area contributed by atoms with E-state index in [0.717, 1.165) is 19.6 Å². The molecule has 0 aromatic heterocycles. The molecule has 0 aliphatic heterocycles. The van der Waals surface area contributed by atoms with E-state index < -0.39 is 0 Å². The summed E-state index contributed by atoms with van der Waals surface area (Å²) < 4.78 is 11.0. The molecule has 1 aromatic rings. The van der Waals surface area contributed by atoms with E-state index in [2.05, 4.69) is 50.4 Å². The fourth-order valence-electron chi connectivity index (χ4n) is 1.71. The van der Waals surface area contributed by atoms with Crippen LogP contribution < -0.4 is 5.32 Å². The molecule has 0 aliphatic rings. The highest BCUT2D eigenvalue weighted by molar-refractivity contribution is 5.22. The maximum Gasteiger partial charge on any atom is 0.0718 e. The molecule has 0 radical (unpaired) electrons. The molecule has 108 valence electrons. The summed E-state index contributed by atoms with van der Waals surface area (Å²) in [7, 11) is 0. The van der Waals surface area contributed by atoms with Crippen molar-refractivity contribution in [3.05, 3.63) is 35.4 Å². The summed E-state index contributed by atoms with van der Waals surface area (Å²) in [4.78, 5) is 0. The lowest BCUT2D eigenvalue weighted by atomic mass is 10.1. The predicted molar refractivity (Wildman–Crippen MR) is 79.2 cm³/mol. The van der Waals surface area contributed by atoms with Crippen LogP contribution in [0, 0.1) is 0 Å². The molecule has 1 N–H and O–H groups in total. The van der Waals surface area contributed by atoms with Gasteiger partial charge in [-0.3, -0.25) is 0 Å². The summed E-state index contributed by atoms with van der Waals surface area (Å²) in [5.41, 5.74) is 2.52. The highest BCUT2D eigenvalue weighted by Gasteiger charge is 1.98. The highest BCUT2D eigenvalue weighted by Crippen LogP contribution is 2.07. The summed E-state index contributed by atoms with van der Waals surface area (Å²) in [6.07, 6.45) is 1.06. The number of hydrogen-bond donors (Lipinski definition) is 1. The molecule has 0 fully saturated rings. The quantitative estimate of drug-likeness (QED) is 0.659. The molecule has 0 unspecified atom stereocenters. The first kappa shape index (κ1) is 16.2. The third-order valence-corrected chi connectivity index (χ3v) is 2.70. The third kappa shape index (κ3) is 7.98. The highest BCUT2D eigenvalue weighted by atomic mass is 16.5. The van der Waals surface area contributed by atoms with Crippen LogP contribution in [0.5, 0.6) is 0 Å². The second kappa shape index (κ2) is 9.96. The molecule has 0 saturated carbocycles. The van der Waals surface area contributed by atoms with Crippen LogP contribution in [0.2, 0.25) is 0 Å². The van der Waals surface area contributed by atoms with Crippen molar-refractivity contribution in [2.24, 2.45) is 0 Å². The Morgan fingerprint density at radius 1 is 1.05 bits per heavy atom. The van der Waals surface area contributed by atoms with Crippen molar-refractivity contribution < 1.29 is 9.47 Å². The topological polar surface area (TPSA) is 30.5 Å². The van der Waals surface area contributed by atoms with Crippen LogP contribution in [0.3, 0.4) is 0 Å². The van der Waals surface area contributed by atoms with Gasteiger partial charge in [0.2, 0.25) is 0 Å². The molecule has 1 rings (SSSR count). The van der Waals surface area contributed by atoms with Crippen molar-refractivity contribution >= 4 is 0 Å². The fourth-order valence-corrected chi connectivity index (χ4v) is 1.71. The van der Waals surface area contributed by atoms with Crippen molar-refractivity contribution in [2.75, 3.05) is 19.8 Å². The maximum atomic E-state index is 5.60. The Kier molecular flexibility index (Phi) is 8.47. The zero-order chi connectivity index (χ0) is 13.9. The number of hydrogen-bond acceptors (Lipinski definition) is 3. The monoisotopic (exact) mass is 265 g/mol. The second-order valence-corrected chi connectivity index (χ2v) is 5.02. The van der Waals surface area contributed by atoms with E-state index >= 15 is 0 Å². The lowest BCUT2D eigenvalue weighted by molar-refractivity contribution is 0.0408. The van der Waals surface area contributed by atoms with Crippen LogP contribution >= 0.6 is 0 Å². The molecule has 1 aromatic carbocycles. The van der Waals surface area contributed by atoms with Crippen LogP contribution in [0.1, 0.15) is 38.3 Å². The lowest BCUT2D eigenvalue weighted by Gasteiger charge is -2.10. The normalized spacial score (nSPS) is 11.2. The number of benzene rings is 1. The van der Waals surface area contributed by atoms with Gasteiger partial charge in [-0.15, -0.1) is 0 Å². The van der Waals surface area contributed by atoms with Crippen molar-refractivity contribution in [1.82, 2.24) is 5.32 Å². The van der Waals surface area contributed by atoms with Gasteiger partial charge in [0, 0.05) is 19.2 Å². The van der Waals surface area contributed by atoms with E-state index in [1.54, 1.807) is 0 Å². The zero-order valence-corrected chi connectivity index (χ0v) is 12.4. The molecule has 3 heteroatoms. The Labute approximate surface area is 117 Å². The van der Waals surface area contributed by atoms with Crippen molar-refractivity contribution in [1.29, 1.82) is 0 Å². The molecule has 0 aliphatic carbocycles. The van der Waals surface area contributed by atoms with Crippen molar-refractivity contribution in [3.8, 4) is 0 Å². The van der Waals surface area contributed by atoms with E-state index in [0.29, 0.717) is 25.9 Å². The first-order chi connectivity index (χ1) is 9.22. The van der Waals surface area contributed by atoms with Crippen LogP contribution in [0.4, 0.5) is 0 Å². The average Bonchev–Trinajstić information content (AvgIpc) is 2.41. The van der Waals surface area contributed by atoms with E-state index in [4.69, 9.17) is 9.47 Å². The molecular weight excluding hydrogens is 238 g/mol. The number of nitrogens with one attached hydrogen (secondary N) is 1. The number of ether oxygens (including phenoxy) is 2. The minimum absolute atomic E-state index is 0.510. The van der Waals surface area contributed by atoms with Gasteiger partial charge in [-0.2, -0.15) is 0 Å². The van der Waals surface area contributed by atoms with Gasteiger partial charge in [0.15, 0.2) is 0 Å². The number of rotatable bonds is 10. The second-order valence-electron chi connectivity index (χ2n) is 5.02. The SMILES string of the molecule is CCCOCCOCc1cccc(CNC(C)C)c1. The average molecular weight is 265 g/mol. The van der Waals surface area contributed by atoms with E-state index in [-0.39, 0.29) is 0 Å². The van der Waals surface area contributed by atoms with Crippen molar-refractivity contribution in [3.63, 3.8) is 0 Å². The van der Waals surface area contributed by atoms with Gasteiger partial charge >= 0.3 is 0 Å². The van der Waals surface area contributed by atoms with Crippen LogP contribution in [-0.4, -0.2) is 25.9 Å². The van der Waals surface area contributed by atoms with Crippen LogP contribution in [0.15, 0.2) is 24.3 Å². The Hall–Kier alpha value is -0.900. The Balaban J connectivity index is 2.24. The van der Waals surface area contributed by atoms with Gasteiger partial charge in [0.25, 0.3) is 0 Å². The minimum atomic E-state index is 0.510. The van der Waals surface area contributed by atoms with Crippen LogP contribution in [-0.2, 0) is 22.6 Å². The minimum Gasteiger partial charge on any atom is -0.379 e. The Morgan fingerprint density at radius 3 is 2.53 bits per heavy atom. The van der Waals surface area contributed by atoms with Gasteiger partial charge in [-0.05, 0) is 17.5 Å². The zero-order valence-electron chi connectivity index (χ0n) is 12.4. The molecule has 0 bridgehead atoms. The van der Waals surface area contributed by atoms with Gasteiger partial charge in [0.1, 0.15) is 0 Å². The fraction of sp³-hybridized carbons (Fsp3) is 0.625. The summed E-state index contributed by atoms with van der Waals surface area (Å²) in [5.74, 6) is 0. The summed E-state index contributed by atoms with van der Waals surface area (Å²) in [6, 6.07) is 9.04. The van der Waals surface area contributed by atoms with Gasteiger partial charge in [-0.25, -0.2) is 0 Å². The first-order valence-electron chi connectivity index (χ1n) is 7.19. The molecule has 0 amide bonds. The largest absolute Gasteiger partial charge is 0.379 e. The summed E-state index contributed by atoms with van der Waals surface area (Å²) in [6.45, 7) is 10.1. The predicted octanol–water partition coefficient (Wildman–Crippen LogP) is 3.13. The molecule has 0 atom stereocenters. The van der Waals surface area contributed by atoms with E-state index in [9.17, 15) is 0 Å². The molecule has 3 nitrogen and oxygen atoms in total. The van der Waals surface area contributed by atoms with Crippen molar-refractivity contribution in [2.45, 2.75) is 46.4 Å². The molecule has 0 spiro atoms. The lowest BCUT2D eigenvalue weighted by Crippen LogP contribution is -2.21. The third-order valence-electron chi connectivity index (χ3n) is 2.70. The van der Waals surface area contributed by atoms with Gasteiger partial charge in [-0.1, -0.05) is 45.0 Å². The Bertz CT molecular complexity index is 339. The van der Waals surface area contributed by atoms with E-state index in [1.165, 1.54) is 11.1 Å².